The molecule has 2 atom stereocenters. The summed E-state index contributed by atoms with van der Waals surface area (Å²) in [6, 6.07) is 14.8. The first-order chi connectivity index (χ1) is 18.3. The highest BCUT2D eigenvalue weighted by molar-refractivity contribution is 5.96. The lowest BCUT2D eigenvalue weighted by atomic mass is 10.0. The molecule has 0 spiro atoms. The summed E-state index contributed by atoms with van der Waals surface area (Å²) in [5, 5.41) is 10.6. The normalized spacial score (nSPS) is 16.4. The van der Waals surface area contributed by atoms with E-state index in [0.717, 1.165) is 40.3 Å². The lowest BCUT2D eigenvalue weighted by molar-refractivity contribution is -0.138. The number of aliphatic hydroxyl groups excluding tert-OH is 1. The number of imide groups is 1. The van der Waals surface area contributed by atoms with Crippen molar-refractivity contribution < 1.29 is 28.3 Å². The van der Waals surface area contributed by atoms with Crippen molar-refractivity contribution in [1.82, 2.24) is 14.9 Å². The van der Waals surface area contributed by atoms with Crippen molar-refractivity contribution in [1.29, 1.82) is 0 Å². The summed E-state index contributed by atoms with van der Waals surface area (Å²) in [6.07, 6.45) is 0.138. The number of hydrogen-bond acceptors (Lipinski definition) is 8. The van der Waals surface area contributed by atoms with Crippen molar-refractivity contribution in [2.75, 3.05) is 6.61 Å². The van der Waals surface area contributed by atoms with Crippen molar-refractivity contribution in [3.63, 3.8) is 0 Å². The molecule has 0 radical (unpaired) electrons. The van der Waals surface area contributed by atoms with E-state index in [1.807, 2.05) is 51.1 Å². The Hall–Kier alpha value is -3.98. The quantitative estimate of drug-likeness (QED) is 0.334. The average Bonchev–Trinajstić information content (AvgIpc) is 3.60. The monoisotopic (exact) mass is 517 g/mol. The maximum Gasteiger partial charge on any atom is 0.417 e. The van der Waals surface area contributed by atoms with Crippen LogP contribution in [0.2, 0.25) is 0 Å². The first-order valence-electron chi connectivity index (χ1n) is 12.9. The number of carbonyl (C=O) groups excluding carboxylic acids is 2. The molecule has 1 N–H and O–H groups in total. The molecule has 198 valence electrons. The summed E-state index contributed by atoms with van der Waals surface area (Å²) in [5.41, 5.74) is 3.88. The second-order valence-electron chi connectivity index (χ2n) is 9.97. The maximum atomic E-state index is 12.8. The number of aliphatic hydroxyl groups is 1. The number of carbonyl (C=O) groups is 2. The molecule has 1 saturated heterocycles. The summed E-state index contributed by atoms with van der Waals surface area (Å²) < 4.78 is 16.8. The molecule has 0 aliphatic carbocycles. The summed E-state index contributed by atoms with van der Waals surface area (Å²) in [7, 11) is 0. The summed E-state index contributed by atoms with van der Waals surface area (Å²) in [6.45, 7) is 5.88. The molecule has 1 aliphatic heterocycles. The average molecular weight is 518 g/mol. The van der Waals surface area contributed by atoms with Gasteiger partial charge in [-0.3, -0.25) is 4.79 Å². The Kier molecular flexibility index (Phi) is 7.28. The van der Waals surface area contributed by atoms with Crippen LogP contribution in [0.4, 0.5) is 4.79 Å². The minimum Gasteiger partial charge on any atom is -0.447 e. The highest BCUT2D eigenvalue weighted by Gasteiger charge is 2.41. The topological polar surface area (TPSA) is 119 Å². The zero-order chi connectivity index (χ0) is 26.8. The number of hydrogen-bond donors (Lipinski definition) is 1. The van der Waals surface area contributed by atoms with E-state index in [9.17, 15) is 14.7 Å². The number of benzene rings is 2. The number of aromatic nitrogens is 2. The fourth-order valence-electron chi connectivity index (χ4n) is 4.68. The second-order valence-corrected chi connectivity index (χ2v) is 9.97. The molecular weight excluding hydrogens is 486 g/mol. The molecule has 2 aromatic carbocycles. The van der Waals surface area contributed by atoms with Crippen LogP contribution in [-0.2, 0) is 28.8 Å². The van der Waals surface area contributed by atoms with E-state index in [4.69, 9.17) is 13.6 Å². The van der Waals surface area contributed by atoms with Crippen LogP contribution in [0.1, 0.15) is 43.2 Å². The van der Waals surface area contributed by atoms with Gasteiger partial charge in [-0.05, 0) is 55.5 Å². The van der Waals surface area contributed by atoms with Gasteiger partial charge < -0.3 is 18.7 Å². The van der Waals surface area contributed by atoms with Gasteiger partial charge in [0.15, 0.2) is 11.5 Å². The zero-order valence-corrected chi connectivity index (χ0v) is 21.7. The van der Waals surface area contributed by atoms with Crippen LogP contribution in [0.5, 0.6) is 0 Å². The molecule has 2 amide bonds. The number of nitrogens with zero attached hydrogens (tertiary/aromatic N) is 3. The molecule has 0 unspecified atom stereocenters. The summed E-state index contributed by atoms with van der Waals surface area (Å²) in [5.74, 6) is 1.42. The Balaban J connectivity index is 1.20. The highest BCUT2D eigenvalue weighted by atomic mass is 16.6. The van der Waals surface area contributed by atoms with Gasteiger partial charge in [0.1, 0.15) is 24.0 Å². The third-order valence-electron chi connectivity index (χ3n) is 6.84. The van der Waals surface area contributed by atoms with E-state index >= 15 is 0 Å². The molecule has 2 aromatic heterocycles. The van der Waals surface area contributed by atoms with Crippen molar-refractivity contribution in [3.8, 4) is 11.5 Å². The first kappa shape index (κ1) is 25.7. The van der Waals surface area contributed by atoms with E-state index in [0.29, 0.717) is 29.3 Å². The Labute approximate surface area is 220 Å². The largest absolute Gasteiger partial charge is 0.447 e. The molecule has 0 saturated carbocycles. The molecule has 3 heterocycles. The van der Waals surface area contributed by atoms with Gasteiger partial charge >= 0.3 is 6.09 Å². The fourth-order valence-corrected chi connectivity index (χ4v) is 4.68. The zero-order valence-electron chi connectivity index (χ0n) is 21.7. The van der Waals surface area contributed by atoms with Gasteiger partial charge in [0.25, 0.3) is 5.91 Å². The molecule has 1 aliphatic rings. The molecule has 1 fully saturated rings. The molecule has 0 bridgehead atoms. The van der Waals surface area contributed by atoms with Crippen LogP contribution in [0.15, 0.2) is 57.4 Å². The van der Waals surface area contributed by atoms with E-state index in [-0.39, 0.29) is 25.0 Å². The third-order valence-corrected chi connectivity index (χ3v) is 6.84. The van der Waals surface area contributed by atoms with Crippen LogP contribution in [0.3, 0.4) is 0 Å². The van der Waals surface area contributed by atoms with Gasteiger partial charge in [-0.25, -0.2) is 19.7 Å². The predicted molar refractivity (Wildman–Crippen MR) is 139 cm³/mol. The number of oxazole rings is 2. The lowest BCUT2D eigenvalue weighted by Gasteiger charge is -2.24. The van der Waals surface area contributed by atoms with Crippen LogP contribution >= 0.6 is 0 Å². The van der Waals surface area contributed by atoms with E-state index in [1.54, 1.807) is 18.2 Å². The van der Waals surface area contributed by atoms with Gasteiger partial charge in [-0.2, -0.15) is 0 Å². The Bertz CT molecular complexity index is 1440. The second kappa shape index (κ2) is 10.8. The molecule has 38 heavy (non-hydrogen) atoms. The predicted octanol–water partition coefficient (Wildman–Crippen LogP) is 4.87. The van der Waals surface area contributed by atoms with Gasteiger partial charge in [0, 0.05) is 18.4 Å². The van der Waals surface area contributed by atoms with Crippen molar-refractivity contribution in [3.05, 3.63) is 71.4 Å². The SMILES string of the molecule is Cc1oc(-c2ccccc2)nc1CCCc1nc2cc(C[C@@H](O)C(=O)N3C(=O)OC[C@H]3C(C)C)ccc2o1. The number of cyclic esters (lactones) is 1. The highest BCUT2D eigenvalue weighted by Crippen LogP contribution is 2.25. The molecular formula is C29H31N3O6. The molecule has 9 nitrogen and oxygen atoms in total. The van der Waals surface area contributed by atoms with Gasteiger partial charge in [-0.1, -0.05) is 38.1 Å². The minimum absolute atomic E-state index is 0.0293. The number of rotatable bonds is 9. The van der Waals surface area contributed by atoms with Crippen LogP contribution in [0.25, 0.3) is 22.6 Å². The number of amides is 2. The standard InChI is InChI=1S/C29H31N3O6/c1-17(2)23-16-36-29(35)32(23)28(34)24(33)15-19-12-13-25-22(14-19)30-26(38-25)11-7-10-21-18(3)37-27(31-21)20-8-5-4-6-9-20/h4-6,8-9,12-14,17,23-24,33H,7,10-11,15-16H2,1-3H3/t23-,24+/m0/s1. The lowest BCUT2D eigenvalue weighted by Crippen LogP contribution is -2.47. The molecule has 5 rings (SSSR count). The van der Waals surface area contributed by atoms with Crippen molar-refractivity contribution >= 4 is 23.1 Å². The van der Waals surface area contributed by atoms with E-state index in [1.165, 1.54) is 0 Å². The van der Waals surface area contributed by atoms with Crippen LogP contribution < -0.4 is 0 Å². The number of fused-ring (bicyclic) bond motifs is 1. The Morgan fingerprint density at radius 2 is 1.89 bits per heavy atom. The smallest absolute Gasteiger partial charge is 0.417 e. The van der Waals surface area contributed by atoms with Crippen LogP contribution in [0, 0.1) is 12.8 Å². The Morgan fingerprint density at radius 3 is 2.66 bits per heavy atom. The van der Waals surface area contributed by atoms with Gasteiger partial charge in [0.2, 0.25) is 5.89 Å². The summed E-state index contributed by atoms with van der Waals surface area (Å²) >= 11 is 0. The summed E-state index contributed by atoms with van der Waals surface area (Å²) in [4.78, 5) is 35.2. The van der Waals surface area contributed by atoms with Crippen LogP contribution in [-0.4, -0.2) is 50.7 Å². The number of aryl methyl sites for hydroxylation is 3. The van der Waals surface area contributed by atoms with Crippen molar-refractivity contribution in [2.45, 2.75) is 58.6 Å². The van der Waals surface area contributed by atoms with Gasteiger partial charge in [-0.15, -0.1) is 0 Å². The van der Waals surface area contributed by atoms with Gasteiger partial charge in [0.05, 0.1) is 11.7 Å². The molecule has 9 heteroatoms. The van der Waals surface area contributed by atoms with E-state index in [2.05, 4.69) is 9.97 Å². The first-order valence-corrected chi connectivity index (χ1v) is 12.9. The van der Waals surface area contributed by atoms with E-state index < -0.39 is 18.1 Å². The fraction of sp³-hybridized carbons (Fsp3) is 0.379. The maximum absolute atomic E-state index is 12.8. The Morgan fingerprint density at radius 1 is 1.11 bits per heavy atom. The minimum atomic E-state index is -1.36. The number of ether oxygens (including phenoxy) is 1. The van der Waals surface area contributed by atoms with Crippen molar-refractivity contribution in [2.24, 2.45) is 5.92 Å². The third kappa shape index (κ3) is 5.33. The molecule has 4 aromatic rings.